The van der Waals surface area contributed by atoms with Crippen molar-refractivity contribution >= 4 is 46.5 Å². The van der Waals surface area contributed by atoms with Crippen LogP contribution in [0.1, 0.15) is 56.2 Å². The van der Waals surface area contributed by atoms with E-state index >= 15 is 0 Å². The van der Waals surface area contributed by atoms with Crippen LogP contribution in [-0.2, 0) is 42.6 Å². The summed E-state index contributed by atoms with van der Waals surface area (Å²) in [6, 6.07) is 7.55. The number of benzene rings is 1. The van der Waals surface area contributed by atoms with E-state index in [0.29, 0.717) is 17.9 Å². The number of aromatic nitrogens is 2. The lowest BCUT2D eigenvalue weighted by molar-refractivity contribution is -0.189. The van der Waals surface area contributed by atoms with Crippen LogP contribution in [0.4, 0.5) is 11.4 Å². The Morgan fingerprint density at radius 1 is 1.14 bits per heavy atom. The van der Waals surface area contributed by atoms with Crippen LogP contribution in [-0.4, -0.2) is 60.4 Å². The highest BCUT2D eigenvalue weighted by atomic mass is 16.6. The molecule has 43 heavy (non-hydrogen) atoms. The fourth-order valence-corrected chi connectivity index (χ4v) is 6.18. The third-order valence-corrected chi connectivity index (χ3v) is 8.31. The zero-order valence-corrected chi connectivity index (χ0v) is 24.5. The Bertz CT molecular complexity index is 1750. The quantitative estimate of drug-likeness (QED) is 0.212. The molecule has 1 atom stereocenters. The Hall–Kier alpha value is -4.58. The second-order valence-corrected chi connectivity index (χ2v) is 11.0. The monoisotopic (exact) mass is 586 g/mol. The van der Waals surface area contributed by atoms with E-state index in [0.717, 1.165) is 53.6 Å². The predicted molar refractivity (Wildman–Crippen MR) is 160 cm³/mol. The van der Waals surface area contributed by atoms with Crippen molar-refractivity contribution in [2.75, 3.05) is 31.6 Å². The summed E-state index contributed by atoms with van der Waals surface area (Å²) in [7, 11) is 1.61. The average molecular weight is 587 g/mol. The number of nitrogens with zero attached hydrogens (tertiary/aromatic N) is 4. The molecule has 3 aliphatic heterocycles. The molecule has 2 N–H and O–H groups in total. The van der Waals surface area contributed by atoms with E-state index in [1.807, 2.05) is 24.5 Å². The molecular formula is C31H34N6O6. The van der Waals surface area contributed by atoms with Crippen molar-refractivity contribution in [2.24, 2.45) is 4.99 Å². The summed E-state index contributed by atoms with van der Waals surface area (Å²) in [6.45, 7) is 4.28. The number of esters is 2. The number of carbonyl (C=O) groups is 3. The lowest BCUT2D eigenvalue weighted by Crippen LogP contribution is -2.49. The molecule has 0 spiro atoms. The smallest absolute Gasteiger partial charge is 0.355 e. The number of hydrogen-bond donors (Lipinski definition) is 2. The normalized spacial score (nSPS) is 17.7. The standard InChI is InChI=1S/C31H34N6O6/c1-4-6-7-11-36-17-34-21-9-8-10-22-26(21)28(36)18-15-37-23(27(18)35-22)12-20-19(29(37)40)16-42-30(41)31(20,5-2)43-25(39)14-33-24(38)13-32-3/h8-10,12,17,32H,4-7,11,13-16H2,1-3H3,(H,33,38)/t31-/m0/s1. The van der Waals surface area contributed by atoms with Gasteiger partial charge >= 0.3 is 11.9 Å². The molecule has 12 nitrogen and oxygen atoms in total. The maximum atomic E-state index is 14.0. The minimum Gasteiger partial charge on any atom is -0.457 e. The summed E-state index contributed by atoms with van der Waals surface area (Å²) in [5.41, 5.74) is 3.04. The number of cyclic esters (lactones) is 1. The van der Waals surface area contributed by atoms with Crippen LogP contribution in [0.3, 0.4) is 0 Å². The molecule has 0 saturated heterocycles. The molecule has 1 amide bonds. The van der Waals surface area contributed by atoms with Crippen LogP contribution in [0, 0.1) is 0 Å². The first-order chi connectivity index (χ1) is 20.8. The second kappa shape index (κ2) is 11.3. The van der Waals surface area contributed by atoms with Crippen LogP contribution >= 0.6 is 0 Å². The molecular weight excluding hydrogens is 552 g/mol. The van der Waals surface area contributed by atoms with Gasteiger partial charge in [0.05, 0.1) is 58.7 Å². The highest BCUT2D eigenvalue weighted by Gasteiger charge is 2.50. The number of likely N-dealkylation sites (N-methyl/N-ethyl adjacent to an activating group) is 1. The maximum absolute atomic E-state index is 14.0. The fourth-order valence-electron chi connectivity index (χ4n) is 6.18. The maximum Gasteiger partial charge on any atom is 0.355 e. The van der Waals surface area contributed by atoms with E-state index in [9.17, 15) is 19.2 Å². The first-order valence-electron chi connectivity index (χ1n) is 14.7. The lowest BCUT2D eigenvalue weighted by Gasteiger charge is -2.35. The summed E-state index contributed by atoms with van der Waals surface area (Å²) >= 11 is 0. The number of carbonyl (C=O) groups excluding carboxylic acids is 3. The topological polar surface area (TPSA) is 144 Å². The Labute approximate surface area is 248 Å². The van der Waals surface area contributed by atoms with Gasteiger partial charge in [-0.25, -0.2) is 14.8 Å². The minimum absolute atomic E-state index is 0.0203. The van der Waals surface area contributed by atoms with Gasteiger partial charge in [-0.15, -0.1) is 0 Å². The lowest BCUT2D eigenvalue weighted by atomic mass is 9.85. The molecule has 0 aliphatic carbocycles. The van der Waals surface area contributed by atoms with Gasteiger partial charge in [0.25, 0.3) is 5.56 Å². The number of anilines is 1. The van der Waals surface area contributed by atoms with E-state index in [1.54, 1.807) is 24.6 Å². The first kappa shape index (κ1) is 28.5. The van der Waals surface area contributed by atoms with Gasteiger partial charge in [-0.05, 0) is 38.1 Å². The van der Waals surface area contributed by atoms with Crippen molar-refractivity contribution in [1.82, 2.24) is 20.2 Å². The molecule has 5 heterocycles. The number of pyridine rings is 2. The number of fused-ring (bicyclic) bond motifs is 5. The van der Waals surface area contributed by atoms with E-state index < -0.39 is 30.0 Å². The molecule has 0 unspecified atom stereocenters. The molecule has 12 heteroatoms. The molecule has 3 aromatic rings. The molecule has 0 saturated carbocycles. The number of rotatable bonds is 10. The summed E-state index contributed by atoms with van der Waals surface area (Å²) in [5, 5.41) is 6.11. The average Bonchev–Trinajstić information content (AvgIpc) is 3.37. The second-order valence-electron chi connectivity index (χ2n) is 11.0. The summed E-state index contributed by atoms with van der Waals surface area (Å²) in [4.78, 5) is 63.9. The van der Waals surface area contributed by atoms with Crippen molar-refractivity contribution in [1.29, 1.82) is 0 Å². The molecule has 3 aliphatic rings. The minimum atomic E-state index is -1.84. The molecule has 6 rings (SSSR count). The van der Waals surface area contributed by atoms with Crippen molar-refractivity contribution in [3.63, 3.8) is 0 Å². The Morgan fingerprint density at radius 3 is 2.74 bits per heavy atom. The van der Waals surface area contributed by atoms with Crippen LogP contribution in [0.15, 0.2) is 34.1 Å². The summed E-state index contributed by atoms with van der Waals surface area (Å²) < 4.78 is 12.9. The molecule has 2 aromatic heterocycles. The summed E-state index contributed by atoms with van der Waals surface area (Å²) in [6.07, 6.45) is 5.05. The Kier molecular flexibility index (Phi) is 7.47. The van der Waals surface area contributed by atoms with Crippen LogP contribution in [0.2, 0.25) is 0 Å². The van der Waals surface area contributed by atoms with Gasteiger partial charge in [0.15, 0.2) is 0 Å². The third kappa shape index (κ3) is 4.66. The van der Waals surface area contributed by atoms with Gasteiger partial charge in [-0.1, -0.05) is 32.8 Å². The van der Waals surface area contributed by atoms with Gasteiger partial charge in [0, 0.05) is 17.7 Å². The zero-order chi connectivity index (χ0) is 30.3. The van der Waals surface area contributed by atoms with Gasteiger partial charge < -0.3 is 29.6 Å². The molecule has 0 radical (unpaired) electrons. The molecule has 1 aromatic carbocycles. The third-order valence-electron chi connectivity index (χ3n) is 8.31. The van der Waals surface area contributed by atoms with Crippen LogP contribution in [0.5, 0.6) is 0 Å². The van der Waals surface area contributed by atoms with Gasteiger partial charge in [-0.3, -0.25) is 14.4 Å². The van der Waals surface area contributed by atoms with E-state index in [-0.39, 0.29) is 36.3 Å². The van der Waals surface area contributed by atoms with Gasteiger partial charge in [0.1, 0.15) is 13.2 Å². The van der Waals surface area contributed by atoms with E-state index in [1.165, 1.54) is 0 Å². The molecule has 0 bridgehead atoms. The summed E-state index contributed by atoms with van der Waals surface area (Å²) in [5.74, 6) is -1.98. The fraction of sp³-hybridized carbons (Fsp3) is 0.419. The molecule has 224 valence electrons. The Morgan fingerprint density at radius 2 is 1.98 bits per heavy atom. The van der Waals surface area contributed by atoms with Gasteiger partial charge in [0.2, 0.25) is 11.5 Å². The number of hydrogen-bond acceptors (Lipinski definition) is 10. The van der Waals surface area contributed by atoms with E-state index in [2.05, 4.69) is 27.4 Å². The van der Waals surface area contributed by atoms with E-state index in [4.69, 9.17) is 14.5 Å². The van der Waals surface area contributed by atoms with Crippen LogP contribution < -0.4 is 21.1 Å². The van der Waals surface area contributed by atoms with Crippen molar-refractivity contribution in [3.8, 4) is 11.4 Å². The number of ether oxygens (including phenoxy) is 2. The highest BCUT2D eigenvalue weighted by Crippen LogP contribution is 2.47. The van der Waals surface area contributed by atoms with Crippen molar-refractivity contribution in [3.05, 3.63) is 51.3 Å². The first-order valence-corrected chi connectivity index (χ1v) is 14.7. The predicted octanol–water partition coefficient (Wildman–Crippen LogP) is 2.64. The van der Waals surface area contributed by atoms with Crippen molar-refractivity contribution in [2.45, 2.75) is 58.3 Å². The Balaban J connectivity index is 1.46. The zero-order valence-electron chi connectivity index (χ0n) is 24.5. The van der Waals surface area contributed by atoms with Gasteiger partial charge in [-0.2, -0.15) is 0 Å². The number of amides is 1. The number of unbranched alkanes of at least 4 members (excludes halogenated alkanes) is 2. The van der Waals surface area contributed by atoms with Crippen LogP contribution in [0.25, 0.3) is 22.3 Å². The van der Waals surface area contributed by atoms with Crippen molar-refractivity contribution < 1.29 is 23.9 Å². The SMILES string of the molecule is CCCCCN1C=Nc2cccc3nc4c(c1c23)Cn1c-4cc2c(c1=O)COC(=O)[C@@]2(CC)OC(=O)CNC(=O)CNC. The number of nitrogens with one attached hydrogen (secondary N) is 2. The highest BCUT2D eigenvalue weighted by molar-refractivity contribution is 6.11. The number of aliphatic imine (C=N–C) groups is 1. The largest absolute Gasteiger partial charge is 0.457 e. The molecule has 0 fully saturated rings.